The van der Waals surface area contributed by atoms with E-state index in [1.165, 1.54) is 0 Å². The molecule has 3 rings (SSSR count). The van der Waals surface area contributed by atoms with Crippen molar-refractivity contribution in [2.24, 2.45) is 5.92 Å². The third kappa shape index (κ3) is 4.34. The molecule has 6 heteroatoms. The zero-order valence-electron chi connectivity index (χ0n) is 14.4. The third-order valence-corrected chi connectivity index (χ3v) is 4.80. The number of aliphatic hydroxyl groups excluding tert-OH is 2. The summed E-state index contributed by atoms with van der Waals surface area (Å²) in [7, 11) is 1.80. The number of aromatic nitrogens is 1. The molecule has 1 heterocycles. The van der Waals surface area contributed by atoms with E-state index in [0.717, 1.165) is 16.5 Å². The van der Waals surface area contributed by atoms with E-state index in [9.17, 15) is 9.90 Å². The van der Waals surface area contributed by atoms with Crippen LogP contribution in [0.4, 0.5) is 0 Å². The summed E-state index contributed by atoms with van der Waals surface area (Å²) in [6.07, 6.45) is 2.90. The zero-order chi connectivity index (χ0) is 17.8. The number of hydrogen-bond donors (Lipinski definition) is 3. The van der Waals surface area contributed by atoms with Crippen LogP contribution in [-0.4, -0.2) is 58.9 Å². The molecule has 2 aromatic rings. The first-order chi connectivity index (χ1) is 12.1. The lowest BCUT2D eigenvalue weighted by atomic mass is 9.75. The van der Waals surface area contributed by atoms with Crippen molar-refractivity contribution < 1.29 is 15.0 Å². The molecule has 1 aromatic heterocycles. The number of aliphatic hydroxyl groups is 2. The van der Waals surface area contributed by atoms with Gasteiger partial charge in [-0.3, -0.25) is 14.7 Å². The van der Waals surface area contributed by atoms with Gasteiger partial charge in [0.25, 0.3) is 0 Å². The number of hydrogen-bond acceptors (Lipinski definition) is 5. The van der Waals surface area contributed by atoms with Gasteiger partial charge in [0.15, 0.2) is 0 Å². The predicted molar refractivity (Wildman–Crippen MR) is 95.9 cm³/mol. The van der Waals surface area contributed by atoms with Gasteiger partial charge in [0.2, 0.25) is 5.91 Å². The van der Waals surface area contributed by atoms with Crippen molar-refractivity contribution in [2.75, 3.05) is 26.7 Å². The fourth-order valence-electron chi connectivity index (χ4n) is 3.35. The molecule has 0 radical (unpaired) electrons. The van der Waals surface area contributed by atoms with E-state index in [1.807, 2.05) is 30.5 Å². The van der Waals surface area contributed by atoms with Crippen LogP contribution < -0.4 is 5.32 Å². The maximum absolute atomic E-state index is 12.4. The van der Waals surface area contributed by atoms with Crippen LogP contribution in [0, 0.1) is 5.92 Å². The Morgan fingerprint density at radius 3 is 2.88 bits per heavy atom. The highest BCUT2D eigenvalue weighted by Gasteiger charge is 2.36. The van der Waals surface area contributed by atoms with Gasteiger partial charge in [-0.25, -0.2) is 0 Å². The number of nitrogens with zero attached hydrogens (tertiary/aromatic N) is 2. The van der Waals surface area contributed by atoms with E-state index in [-0.39, 0.29) is 37.1 Å². The Balaban J connectivity index is 1.77. The molecule has 0 bridgehead atoms. The standard InChI is InChI=1S/C19H25N3O3/c1-22(6-7-23)12-18(25)21-19(14-9-16(24)10-14)15-8-13-4-2-3-5-17(13)20-11-15/h2-5,8,11,14,16,19,23-24H,6-7,9-10,12H2,1H3,(H,21,25)/t14?,16?,19-/m1/s1. The number of nitrogens with one attached hydrogen (secondary N) is 1. The first kappa shape index (κ1) is 17.8. The molecule has 1 atom stereocenters. The summed E-state index contributed by atoms with van der Waals surface area (Å²) in [5, 5.41) is 22.8. The van der Waals surface area contributed by atoms with Gasteiger partial charge in [0, 0.05) is 18.1 Å². The molecule has 1 aliphatic carbocycles. The van der Waals surface area contributed by atoms with E-state index in [1.54, 1.807) is 11.9 Å². The summed E-state index contributed by atoms with van der Waals surface area (Å²) in [6.45, 7) is 0.710. The molecule has 1 amide bonds. The zero-order valence-corrected chi connectivity index (χ0v) is 14.4. The van der Waals surface area contributed by atoms with Gasteiger partial charge in [0.1, 0.15) is 0 Å². The fourth-order valence-corrected chi connectivity index (χ4v) is 3.35. The van der Waals surface area contributed by atoms with Crippen molar-refractivity contribution in [3.63, 3.8) is 0 Å². The van der Waals surface area contributed by atoms with Gasteiger partial charge < -0.3 is 15.5 Å². The highest BCUT2D eigenvalue weighted by molar-refractivity contribution is 5.80. The number of fused-ring (bicyclic) bond motifs is 1. The van der Waals surface area contributed by atoms with E-state index in [2.05, 4.69) is 16.4 Å². The van der Waals surface area contributed by atoms with Crippen molar-refractivity contribution in [1.29, 1.82) is 0 Å². The SMILES string of the molecule is CN(CCO)CC(=O)N[C@@H](c1cnc2ccccc2c1)C1CC(O)C1. The summed E-state index contributed by atoms with van der Waals surface area (Å²) < 4.78 is 0. The molecular formula is C19H25N3O3. The number of amides is 1. The molecular weight excluding hydrogens is 318 g/mol. The van der Waals surface area contributed by atoms with Gasteiger partial charge in [-0.15, -0.1) is 0 Å². The second kappa shape index (κ2) is 7.91. The van der Waals surface area contributed by atoms with Crippen LogP contribution in [0.1, 0.15) is 24.4 Å². The number of benzene rings is 1. The third-order valence-electron chi connectivity index (χ3n) is 4.80. The second-order valence-electron chi connectivity index (χ2n) is 6.85. The predicted octanol–water partition coefficient (Wildman–Crippen LogP) is 1.09. The van der Waals surface area contributed by atoms with Crippen LogP contribution in [-0.2, 0) is 4.79 Å². The molecule has 1 fully saturated rings. The van der Waals surface area contributed by atoms with Gasteiger partial charge in [-0.1, -0.05) is 18.2 Å². The van der Waals surface area contributed by atoms with Crippen LogP contribution in [0.25, 0.3) is 10.9 Å². The Kier molecular flexibility index (Phi) is 5.63. The van der Waals surface area contributed by atoms with Crippen LogP contribution in [0.15, 0.2) is 36.5 Å². The minimum Gasteiger partial charge on any atom is -0.395 e. The maximum atomic E-state index is 12.4. The summed E-state index contributed by atoms with van der Waals surface area (Å²) in [5.41, 5.74) is 1.89. The first-order valence-corrected chi connectivity index (χ1v) is 8.68. The second-order valence-corrected chi connectivity index (χ2v) is 6.85. The van der Waals surface area contributed by atoms with Crippen molar-refractivity contribution >= 4 is 16.8 Å². The highest BCUT2D eigenvalue weighted by Crippen LogP contribution is 2.38. The van der Waals surface area contributed by atoms with Crippen LogP contribution in [0.2, 0.25) is 0 Å². The average molecular weight is 343 g/mol. The summed E-state index contributed by atoms with van der Waals surface area (Å²) >= 11 is 0. The number of carbonyl (C=O) groups is 1. The lowest BCUT2D eigenvalue weighted by molar-refractivity contribution is -0.124. The minimum atomic E-state index is -0.283. The van der Waals surface area contributed by atoms with Crippen LogP contribution >= 0.6 is 0 Å². The Labute approximate surface area is 147 Å². The molecule has 0 aliphatic heterocycles. The molecule has 1 saturated carbocycles. The number of pyridine rings is 1. The van der Waals surface area contributed by atoms with Crippen LogP contribution in [0.5, 0.6) is 0 Å². The van der Waals surface area contributed by atoms with E-state index in [0.29, 0.717) is 19.4 Å². The first-order valence-electron chi connectivity index (χ1n) is 8.68. The number of carbonyl (C=O) groups excluding carboxylic acids is 1. The van der Waals surface area contributed by atoms with E-state index < -0.39 is 0 Å². The summed E-state index contributed by atoms with van der Waals surface area (Å²) in [5.74, 6) is 0.126. The summed E-state index contributed by atoms with van der Waals surface area (Å²) in [4.78, 5) is 18.7. The monoisotopic (exact) mass is 343 g/mol. The van der Waals surface area contributed by atoms with Crippen molar-refractivity contribution in [1.82, 2.24) is 15.2 Å². The number of para-hydroxylation sites is 1. The lowest BCUT2D eigenvalue weighted by Crippen LogP contribution is -2.44. The fraction of sp³-hybridized carbons (Fsp3) is 0.474. The van der Waals surface area contributed by atoms with Crippen LogP contribution in [0.3, 0.4) is 0 Å². The summed E-state index contributed by atoms with van der Waals surface area (Å²) in [6, 6.07) is 9.80. The van der Waals surface area contributed by atoms with Gasteiger partial charge in [0.05, 0.1) is 30.8 Å². The lowest BCUT2D eigenvalue weighted by Gasteiger charge is -2.38. The van der Waals surface area contributed by atoms with E-state index in [4.69, 9.17) is 5.11 Å². The molecule has 134 valence electrons. The van der Waals surface area contributed by atoms with Crippen molar-refractivity contribution in [3.05, 3.63) is 42.1 Å². The molecule has 3 N–H and O–H groups in total. The molecule has 6 nitrogen and oxygen atoms in total. The van der Waals surface area contributed by atoms with Gasteiger partial charge in [-0.05, 0) is 43.5 Å². The molecule has 0 saturated heterocycles. The molecule has 1 aromatic carbocycles. The largest absolute Gasteiger partial charge is 0.395 e. The number of rotatable bonds is 7. The Morgan fingerprint density at radius 2 is 2.16 bits per heavy atom. The molecule has 0 unspecified atom stereocenters. The van der Waals surface area contributed by atoms with Crippen molar-refractivity contribution in [2.45, 2.75) is 25.0 Å². The topological polar surface area (TPSA) is 85.7 Å². The smallest absolute Gasteiger partial charge is 0.234 e. The normalized spacial score (nSPS) is 21.1. The minimum absolute atomic E-state index is 0.0244. The molecule has 0 spiro atoms. The average Bonchev–Trinajstić information content (AvgIpc) is 2.57. The Bertz CT molecular complexity index is 731. The Hall–Kier alpha value is -2.02. The molecule has 25 heavy (non-hydrogen) atoms. The highest BCUT2D eigenvalue weighted by atomic mass is 16.3. The number of likely N-dealkylation sites (N-methyl/N-ethyl adjacent to an activating group) is 1. The van der Waals surface area contributed by atoms with Crippen molar-refractivity contribution in [3.8, 4) is 0 Å². The molecule has 1 aliphatic rings. The quantitative estimate of drug-likeness (QED) is 0.701. The van der Waals surface area contributed by atoms with Gasteiger partial charge in [-0.2, -0.15) is 0 Å². The van der Waals surface area contributed by atoms with Gasteiger partial charge >= 0.3 is 0 Å². The van der Waals surface area contributed by atoms with E-state index >= 15 is 0 Å². The Morgan fingerprint density at radius 1 is 1.40 bits per heavy atom. The maximum Gasteiger partial charge on any atom is 0.234 e.